The summed E-state index contributed by atoms with van der Waals surface area (Å²) in [7, 11) is 0. The Kier molecular flexibility index (Phi) is 6.10. The first-order valence-corrected chi connectivity index (χ1v) is 16.2. The van der Waals surface area contributed by atoms with Crippen molar-refractivity contribution >= 4 is 27.5 Å². The molecule has 2 bridgehead atoms. The van der Waals surface area contributed by atoms with Crippen LogP contribution < -0.4 is 15.0 Å². The molecule has 4 saturated heterocycles. The number of piperazine rings is 1. The number of rotatable bonds is 5. The second kappa shape index (κ2) is 10.1. The molecule has 0 saturated carbocycles. The van der Waals surface area contributed by atoms with E-state index in [1.165, 1.54) is 12.5 Å². The van der Waals surface area contributed by atoms with Crippen LogP contribution in [0.3, 0.4) is 0 Å². The zero-order chi connectivity index (χ0) is 30.3. The molecule has 5 aliphatic rings. The zero-order valence-corrected chi connectivity index (χ0v) is 25.1. The summed E-state index contributed by atoms with van der Waals surface area (Å²) in [6.45, 7) is 3.12. The van der Waals surface area contributed by atoms with Gasteiger partial charge in [0.1, 0.15) is 29.4 Å². The fourth-order valence-electron chi connectivity index (χ4n) is 8.92. The molecule has 45 heavy (non-hydrogen) atoms. The number of fused-ring (bicyclic) bond motifs is 7. The van der Waals surface area contributed by atoms with Gasteiger partial charge in [-0.3, -0.25) is 9.88 Å². The van der Waals surface area contributed by atoms with Crippen molar-refractivity contribution in [3.05, 3.63) is 59.6 Å². The number of hydrogen-bond donors (Lipinski definition) is 2. The number of aromatic nitrogens is 3. The number of hydrogen-bond acceptors (Lipinski definition) is 8. The molecular formula is C36H35FN6O2. The van der Waals surface area contributed by atoms with Gasteiger partial charge in [-0.2, -0.15) is 9.97 Å². The topological polar surface area (TPSA) is 86.6 Å². The molecule has 4 aromatic rings. The highest BCUT2D eigenvalue weighted by Gasteiger charge is 2.52. The summed E-state index contributed by atoms with van der Waals surface area (Å²) < 4.78 is 23.4. The van der Waals surface area contributed by atoms with Gasteiger partial charge in [-0.25, -0.2) is 4.39 Å². The van der Waals surface area contributed by atoms with Gasteiger partial charge in [0, 0.05) is 53.9 Å². The maximum absolute atomic E-state index is 16.9. The average molecular weight is 603 g/mol. The molecule has 9 rings (SSSR count). The van der Waals surface area contributed by atoms with Crippen LogP contribution in [0.1, 0.15) is 50.5 Å². The number of pyridine rings is 1. The average Bonchev–Trinajstić information content (AvgIpc) is 3.81. The SMILES string of the molecule is C#Cc1cccc2cc(O)cc(-c3ncc4c(N5C[C@H]6CC[C@@H](C5)N6)nc(OCC56CCCN5C5CCC=C5C6)nc4c3F)c12. The molecule has 4 fully saturated rings. The van der Waals surface area contributed by atoms with Crippen molar-refractivity contribution < 1.29 is 14.2 Å². The number of ether oxygens (including phenoxy) is 1. The van der Waals surface area contributed by atoms with E-state index in [1.807, 2.05) is 18.2 Å². The fourth-order valence-corrected chi connectivity index (χ4v) is 8.92. The van der Waals surface area contributed by atoms with Crippen molar-refractivity contribution in [1.82, 2.24) is 25.2 Å². The molecule has 228 valence electrons. The van der Waals surface area contributed by atoms with Gasteiger partial charge in [0.15, 0.2) is 5.82 Å². The third kappa shape index (κ3) is 4.23. The number of nitrogens with zero attached hydrogens (tertiary/aromatic N) is 5. The minimum absolute atomic E-state index is 0.00785. The number of anilines is 1. The molecule has 4 atom stereocenters. The Morgan fingerprint density at radius 3 is 2.87 bits per heavy atom. The number of allylic oxidation sites excluding steroid dienone is 1. The fraction of sp³-hybridized carbons (Fsp3) is 0.417. The molecule has 2 aromatic carbocycles. The molecule has 0 amide bonds. The quantitative estimate of drug-likeness (QED) is 0.235. The molecule has 0 radical (unpaired) electrons. The van der Waals surface area contributed by atoms with Gasteiger partial charge in [0.05, 0.1) is 10.9 Å². The van der Waals surface area contributed by atoms with Gasteiger partial charge < -0.3 is 20.1 Å². The number of benzene rings is 2. The number of aromatic hydroxyl groups is 1. The maximum atomic E-state index is 16.9. The summed E-state index contributed by atoms with van der Waals surface area (Å²) >= 11 is 0. The van der Waals surface area contributed by atoms with Crippen LogP contribution in [-0.2, 0) is 0 Å². The third-order valence-electron chi connectivity index (χ3n) is 10.8. The highest BCUT2D eigenvalue weighted by molar-refractivity contribution is 6.02. The molecule has 8 nitrogen and oxygen atoms in total. The summed E-state index contributed by atoms with van der Waals surface area (Å²) in [4.78, 5) is 19.2. The van der Waals surface area contributed by atoms with Crippen LogP contribution in [0.2, 0.25) is 0 Å². The van der Waals surface area contributed by atoms with Crippen molar-refractivity contribution in [2.75, 3.05) is 31.1 Å². The van der Waals surface area contributed by atoms with E-state index in [0.717, 1.165) is 58.2 Å². The smallest absolute Gasteiger partial charge is 0.319 e. The Labute approximate surface area is 261 Å². The van der Waals surface area contributed by atoms with E-state index in [2.05, 4.69) is 32.1 Å². The van der Waals surface area contributed by atoms with E-state index in [4.69, 9.17) is 21.1 Å². The monoisotopic (exact) mass is 602 g/mol. The van der Waals surface area contributed by atoms with Crippen LogP contribution >= 0.6 is 0 Å². The largest absolute Gasteiger partial charge is 0.508 e. The molecule has 2 unspecified atom stereocenters. The number of halogens is 1. The van der Waals surface area contributed by atoms with Gasteiger partial charge in [0.2, 0.25) is 0 Å². The summed E-state index contributed by atoms with van der Waals surface area (Å²) in [6.07, 6.45) is 17.7. The molecule has 4 aliphatic heterocycles. The van der Waals surface area contributed by atoms with E-state index in [9.17, 15) is 5.11 Å². The van der Waals surface area contributed by atoms with Crippen LogP contribution in [0.5, 0.6) is 11.8 Å². The molecular weight excluding hydrogens is 567 g/mol. The predicted octanol–water partition coefficient (Wildman–Crippen LogP) is 5.32. The van der Waals surface area contributed by atoms with Crippen molar-refractivity contribution in [2.45, 2.75) is 68.6 Å². The maximum Gasteiger partial charge on any atom is 0.319 e. The number of terminal acetylenes is 1. The lowest BCUT2D eigenvalue weighted by Crippen LogP contribution is -2.51. The van der Waals surface area contributed by atoms with Crippen LogP contribution in [0.25, 0.3) is 32.9 Å². The van der Waals surface area contributed by atoms with Crippen molar-refractivity contribution in [3.8, 4) is 35.4 Å². The summed E-state index contributed by atoms with van der Waals surface area (Å²) in [5, 5.41) is 16.2. The molecule has 2 N–H and O–H groups in total. The minimum Gasteiger partial charge on any atom is -0.508 e. The first-order valence-electron chi connectivity index (χ1n) is 16.2. The van der Waals surface area contributed by atoms with Gasteiger partial charge >= 0.3 is 6.01 Å². The lowest BCUT2D eigenvalue weighted by Gasteiger charge is -2.35. The van der Waals surface area contributed by atoms with Crippen LogP contribution in [0, 0.1) is 18.2 Å². The Balaban J connectivity index is 1.17. The highest BCUT2D eigenvalue weighted by atomic mass is 19.1. The second-order valence-electron chi connectivity index (χ2n) is 13.5. The second-order valence-corrected chi connectivity index (χ2v) is 13.5. The zero-order valence-electron chi connectivity index (χ0n) is 25.1. The first-order chi connectivity index (χ1) is 22.0. The summed E-state index contributed by atoms with van der Waals surface area (Å²) in [5.74, 6) is 2.79. The van der Waals surface area contributed by atoms with Crippen LogP contribution in [0.4, 0.5) is 10.2 Å². The Morgan fingerprint density at radius 2 is 2.02 bits per heavy atom. The van der Waals surface area contributed by atoms with Crippen LogP contribution in [-0.4, -0.2) is 74.9 Å². The minimum atomic E-state index is -0.584. The van der Waals surface area contributed by atoms with E-state index in [0.29, 0.717) is 57.8 Å². The first kappa shape index (κ1) is 27.1. The van der Waals surface area contributed by atoms with E-state index >= 15 is 4.39 Å². The molecule has 1 aliphatic carbocycles. The van der Waals surface area contributed by atoms with Crippen molar-refractivity contribution in [1.29, 1.82) is 0 Å². The van der Waals surface area contributed by atoms with Crippen molar-refractivity contribution in [3.63, 3.8) is 0 Å². The van der Waals surface area contributed by atoms with Gasteiger partial charge in [0.25, 0.3) is 0 Å². The normalized spacial score (nSPS) is 27.2. The van der Waals surface area contributed by atoms with Gasteiger partial charge in [-0.05, 0) is 75.1 Å². The van der Waals surface area contributed by atoms with Gasteiger partial charge in [-0.1, -0.05) is 29.7 Å². The highest BCUT2D eigenvalue weighted by Crippen LogP contribution is 2.49. The molecule has 6 heterocycles. The Morgan fingerprint density at radius 1 is 1.16 bits per heavy atom. The van der Waals surface area contributed by atoms with E-state index < -0.39 is 5.82 Å². The Bertz CT molecular complexity index is 1940. The Hall–Kier alpha value is -4.26. The molecule has 0 spiro atoms. The van der Waals surface area contributed by atoms with Crippen LogP contribution in [0.15, 0.2) is 48.2 Å². The molecule has 2 aromatic heterocycles. The summed E-state index contributed by atoms with van der Waals surface area (Å²) in [6, 6.07) is 10.1. The predicted molar refractivity (Wildman–Crippen MR) is 172 cm³/mol. The molecule has 9 heteroatoms. The lowest BCUT2D eigenvalue weighted by atomic mass is 9.93. The van der Waals surface area contributed by atoms with E-state index in [-0.39, 0.29) is 28.5 Å². The number of nitrogens with one attached hydrogen (secondary N) is 1. The van der Waals surface area contributed by atoms with E-state index in [1.54, 1.807) is 17.8 Å². The number of phenolic OH excluding ortho intramolecular Hbond substituents is 1. The van der Waals surface area contributed by atoms with Crippen molar-refractivity contribution in [2.24, 2.45) is 0 Å². The lowest BCUT2D eigenvalue weighted by molar-refractivity contribution is 0.0837. The summed E-state index contributed by atoms with van der Waals surface area (Å²) in [5.41, 5.74) is 2.75. The van der Waals surface area contributed by atoms with Gasteiger partial charge in [-0.15, -0.1) is 6.42 Å². The standard InChI is InChI=1S/C36H35FN6O2/c1-2-21-6-3-7-22-14-26(44)15-27(30(21)22)32-31(37)33-28(17-38-32)34(42-18-24-10-11-25(19-42)39-24)41-35(40-33)45-20-36-12-5-13-43(36)29-9-4-8-23(29)16-36/h1,3,6-8,14-15,17,24-25,29,39,44H,4-5,9-13,16,18-20H2/t24-,25+,29?,36?. The number of phenols is 1. The third-order valence-corrected chi connectivity index (χ3v) is 10.8.